The molecule has 3 aromatic rings. The molecule has 1 N–H and O–H groups in total. The molecule has 37 heavy (non-hydrogen) atoms. The van der Waals surface area contributed by atoms with E-state index < -0.39 is 0 Å². The Morgan fingerprint density at radius 3 is 2.57 bits per heavy atom. The third-order valence-electron chi connectivity index (χ3n) is 6.06. The van der Waals surface area contributed by atoms with E-state index >= 15 is 0 Å². The van der Waals surface area contributed by atoms with Gasteiger partial charge in [0, 0.05) is 23.3 Å². The molecular weight excluding hydrogens is 488 g/mol. The van der Waals surface area contributed by atoms with Gasteiger partial charge in [-0.05, 0) is 78.4 Å². The average molecular weight is 519 g/mol. The number of hydrogen-bond acceptors (Lipinski definition) is 4. The normalized spacial score (nSPS) is 13.0. The summed E-state index contributed by atoms with van der Waals surface area (Å²) in [7, 11) is 0. The van der Waals surface area contributed by atoms with Crippen LogP contribution in [0.5, 0.6) is 11.5 Å². The van der Waals surface area contributed by atoms with Gasteiger partial charge in [-0.1, -0.05) is 49.7 Å². The second-order valence-corrected chi connectivity index (χ2v) is 9.61. The lowest BCUT2D eigenvalue weighted by Gasteiger charge is -2.30. The summed E-state index contributed by atoms with van der Waals surface area (Å²) >= 11 is 5.90. The molecule has 3 aromatic carbocycles. The fraction of sp³-hybridized carbons (Fsp3) is 0.267. The van der Waals surface area contributed by atoms with E-state index in [-0.39, 0.29) is 18.4 Å². The first kappa shape index (κ1) is 26.3. The minimum absolute atomic E-state index is 0.00167. The third-order valence-corrected chi connectivity index (χ3v) is 6.31. The topological polar surface area (TPSA) is 67.9 Å². The van der Waals surface area contributed by atoms with Crippen LogP contribution in [0.4, 0.5) is 11.4 Å². The van der Waals surface area contributed by atoms with Crippen LogP contribution in [0.1, 0.15) is 43.7 Å². The van der Waals surface area contributed by atoms with Crippen LogP contribution in [0, 0.1) is 0 Å². The highest BCUT2D eigenvalue weighted by Gasteiger charge is 2.25. The van der Waals surface area contributed by atoms with E-state index in [9.17, 15) is 9.59 Å². The molecule has 0 saturated heterocycles. The number of unbranched alkanes of at least 4 members (excludes halogenated alkanes) is 1. The number of hydrogen-bond donors (Lipinski definition) is 1. The largest absolute Gasteiger partial charge is 0.494 e. The number of amides is 2. The summed E-state index contributed by atoms with van der Waals surface area (Å²) < 4.78 is 11.3. The second-order valence-electron chi connectivity index (χ2n) is 9.17. The minimum atomic E-state index is -0.248. The van der Waals surface area contributed by atoms with E-state index in [2.05, 4.69) is 31.3 Å². The molecule has 0 saturated carbocycles. The van der Waals surface area contributed by atoms with E-state index in [0.717, 1.165) is 24.2 Å². The predicted octanol–water partition coefficient (Wildman–Crippen LogP) is 6.70. The zero-order chi connectivity index (χ0) is 26.2. The van der Waals surface area contributed by atoms with Gasteiger partial charge in [-0.2, -0.15) is 0 Å². The first-order valence-corrected chi connectivity index (χ1v) is 12.8. The molecule has 0 bridgehead atoms. The molecule has 2 amide bonds. The van der Waals surface area contributed by atoms with Gasteiger partial charge in [0.1, 0.15) is 11.5 Å². The highest BCUT2D eigenvalue weighted by Crippen LogP contribution is 2.35. The molecule has 4 rings (SSSR count). The fourth-order valence-electron chi connectivity index (χ4n) is 3.97. The monoisotopic (exact) mass is 518 g/mol. The van der Waals surface area contributed by atoms with Crippen molar-refractivity contribution in [2.24, 2.45) is 0 Å². The molecule has 7 heteroatoms. The van der Waals surface area contributed by atoms with Crippen molar-refractivity contribution in [2.45, 2.75) is 32.6 Å². The Balaban J connectivity index is 1.33. The van der Waals surface area contributed by atoms with Crippen molar-refractivity contribution in [2.75, 3.05) is 30.0 Å². The van der Waals surface area contributed by atoms with Crippen LogP contribution >= 0.6 is 11.6 Å². The molecule has 6 nitrogen and oxygen atoms in total. The Morgan fingerprint density at radius 1 is 1.08 bits per heavy atom. The molecule has 1 heterocycles. The van der Waals surface area contributed by atoms with Crippen molar-refractivity contribution in [3.63, 3.8) is 0 Å². The van der Waals surface area contributed by atoms with Crippen LogP contribution < -0.4 is 19.7 Å². The van der Waals surface area contributed by atoms with E-state index in [4.69, 9.17) is 21.1 Å². The van der Waals surface area contributed by atoms with Crippen molar-refractivity contribution in [1.82, 2.24) is 0 Å². The van der Waals surface area contributed by atoms with Crippen LogP contribution in [0.25, 0.3) is 6.08 Å². The lowest BCUT2D eigenvalue weighted by molar-refractivity contribution is -0.121. The molecule has 0 aliphatic carbocycles. The van der Waals surface area contributed by atoms with Gasteiger partial charge in [0.25, 0.3) is 5.91 Å². The Bertz CT molecular complexity index is 1250. The van der Waals surface area contributed by atoms with Gasteiger partial charge < -0.3 is 19.7 Å². The van der Waals surface area contributed by atoms with Gasteiger partial charge in [0.15, 0.2) is 6.61 Å². The van der Waals surface area contributed by atoms with Crippen LogP contribution in [0.3, 0.4) is 0 Å². The Labute approximate surface area is 222 Å². The predicted molar refractivity (Wildman–Crippen MR) is 149 cm³/mol. The zero-order valence-electron chi connectivity index (χ0n) is 21.1. The number of benzene rings is 3. The SMILES string of the molecule is CC(C)c1ccc(/C=C/C(=O)Nc2ccc3c(c2)N(CCCCOc2ccc(Cl)cc2)C(=O)CO3)cc1. The lowest BCUT2D eigenvalue weighted by atomic mass is 10.0. The fourth-order valence-corrected chi connectivity index (χ4v) is 4.09. The minimum Gasteiger partial charge on any atom is -0.494 e. The molecule has 0 spiro atoms. The van der Waals surface area contributed by atoms with Gasteiger partial charge >= 0.3 is 0 Å². The highest BCUT2D eigenvalue weighted by molar-refractivity contribution is 6.30. The quantitative estimate of drug-likeness (QED) is 0.239. The van der Waals surface area contributed by atoms with E-state index in [0.29, 0.717) is 41.2 Å². The van der Waals surface area contributed by atoms with E-state index in [1.54, 1.807) is 41.3 Å². The highest BCUT2D eigenvalue weighted by atomic mass is 35.5. The summed E-state index contributed by atoms with van der Waals surface area (Å²) in [6.45, 7) is 5.36. The molecule has 1 aliphatic rings. The summed E-state index contributed by atoms with van der Waals surface area (Å²) in [5.41, 5.74) is 3.46. The van der Waals surface area contributed by atoms with Crippen molar-refractivity contribution in [3.05, 3.63) is 89.0 Å². The molecular formula is C30H31ClN2O4. The number of anilines is 2. The molecule has 0 aromatic heterocycles. The summed E-state index contributed by atoms with van der Waals surface area (Å²) in [6, 6.07) is 20.7. The maximum atomic E-state index is 12.6. The Hall–Kier alpha value is -3.77. The van der Waals surface area contributed by atoms with Crippen LogP contribution in [0.15, 0.2) is 72.8 Å². The first-order valence-electron chi connectivity index (χ1n) is 12.4. The number of fused-ring (bicyclic) bond motifs is 1. The van der Waals surface area contributed by atoms with E-state index in [1.807, 2.05) is 24.3 Å². The average Bonchev–Trinajstić information content (AvgIpc) is 2.89. The standard InChI is InChI=1S/C30H31ClN2O4/c1-21(2)23-8-5-22(6-9-23)7-16-29(34)32-25-12-15-28-27(19-25)33(30(35)20-37-28)17-3-4-18-36-26-13-10-24(31)11-14-26/h5-16,19,21H,3-4,17-18,20H2,1-2H3,(H,32,34)/b16-7+. The molecule has 0 radical (unpaired) electrons. The summed E-state index contributed by atoms with van der Waals surface area (Å²) in [4.78, 5) is 26.8. The van der Waals surface area contributed by atoms with Gasteiger partial charge in [0.2, 0.25) is 5.91 Å². The lowest BCUT2D eigenvalue weighted by Crippen LogP contribution is -2.39. The maximum Gasteiger partial charge on any atom is 0.265 e. The molecule has 192 valence electrons. The van der Waals surface area contributed by atoms with Gasteiger partial charge in [0.05, 0.1) is 12.3 Å². The molecule has 0 atom stereocenters. The molecule has 1 aliphatic heterocycles. The van der Waals surface area contributed by atoms with Gasteiger partial charge in [-0.25, -0.2) is 0 Å². The van der Waals surface area contributed by atoms with Crippen molar-refractivity contribution in [3.8, 4) is 11.5 Å². The third kappa shape index (κ3) is 7.37. The summed E-state index contributed by atoms with van der Waals surface area (Å²) in [5.74, 6) is 1.49. The van der Waals surface area contributed by atoms with Crippen molar-refractivity contribution < 1.29 is 19.1 Å². The molecule has 0 fully saturated rings. The number of nitrogens with zero attached hydrogens (tertiary/aromatic N) is 1. The number of ether oxygens (including phenoxy) is 2. The molecule has 0 unspecified atom stereocenters. The van der Waals surface area contributed by atoms with Crippen molar-refractivity contribution >= 4 is 40.9 Å². The zero-order valence-corrected chi connectivity index (χ0v) is 21.8. The summed E-state index contributed by atoms with van der Waals surface area (Å²) in [6.07, 6.45) is 4.82. The van der Waals surface area contributed by atoms with Gasteiger partial charge in [-0.3, -0.25) is 9.59 Å². The van der Waals surface area contributed by atoms with E-state index in [1.165, 1.54) is 11.6 Å². The number of carbonyl (C=O) groups is 2. The first-order chi connectivity index (χ1) is 17.9. The Morgan fingerprint density at radius 2 is 1.84 bits per heavy atom. The second kappa shape index (κ2) is 12.5. The van der Waals surface area contributed by atoms with Crippen LogP contribution in [-0.2, 0) is 9.59 Å². The van der Waals surface area contributed by atoms with Crippen LogP contribution in [0.2, 0.25) is 5.02 Å². The van der Waals surface area contributed by atoms with Crippen LogP contribution in [-0.4, -0.2) is 31.6 Å². The summed E-state index contributed by atoms with van der Waals surface area (Å²) in [5, 5.41) is 3.54. The van der Waals surface area contributed by atoms with Gasteiger partial charge in [-0.15, -0.1) is 0 Å². The maximum absolute atomic E-state index is 12.6. The number of halogens is 1. The number of carbonyl (C=O) groups excluding carboxylic acids is 2. The number of rotatable bonds is 10. The van der Waals surface area contributed by atoms with Crippen molar-refractivity contribution in [1.29, 1.82) is 0 Å². The smallest absolute Gasteiger partial charge is 0.265 e. The Kier molecular flexibility index (Phi) is 8.86. The number of nitrogens with one attached hydrogen (secondary N) is 1.